The summed E-state index contributed by atoms with van der Waals surface area (Å²) in [4.78, 5) is 18.3. The number of ketones is 1. The van der Waals surface area contributed by atoms with Gasteiger partial charge in [-0.15, -0.1) is 0 Å². The van der Waals surface area contributed by atoms with Crippen molar-refractivity contribution in [3.8, 4) is 0 Å². The number of hydrazone groups is 1. The second-order valence-corrected chi connectivity index (χ2v) is 3.75. The Morgan fingerprint density at radius 2 is 1.58 bits per heavy atom. The quantitative estimate of drug-likeness (QED) is 0.386. The van der Waals surface area contributed by atoms with E-state index >= 15 is 0 Å². The van der Waals surface area contributed by atoms with E-state index in [4.69, 9.17) is 5.84 Å². The topological polar surface area (TPSA) is 81.2 Å². The molecule has 0 aliphatic rings. The van der Waals surface area contributed by atoms with Gasteiger partial charge in [0, 0.05) is 35.9 Å². The summed E-state index contributed by atoms with van der Waals surface area (Å²) >= 11 is 0. The first-order valence-electron chi connectivity index (χ1n) is 5.71. The number of rotatable bonds is 2. The van der Waals surface area contributed by atoms with Crippen molar-refractivity contribution in [1.29, 1.82) is 0 Å². The molecule has 2 heterocycles. The summed E-state index contributed by atoms with van der Waals surface area (Å²) in [5, 5.41) is 3.54. The van der Waals surface area contributed by atoms with E-state index in [1.807, 2.05) is 19.1 Å². The van der Waals surface area contributed by atoms with Gasteiger partial charge in [0.25, 0.3) is 0 Å². The van der Waals surface area contributed by atoms with Gasteiger partial charge in [-0.05, 0) is 32.0 Å². The van der Waals surface area contributed by atoms with E-state index < -0.39 is 0 Å². The molecule has 2 aromatic rings. The Hall–Kier alpha value is -2.56. The fourth-order valence-corrected chi connectivity index (χ4v) is 1.22. The van der Waals surface area contributed by atoms with E-state index in [-0.39, 0.29) is 5.78 Å². The molecule has 2 N–H and O–H groups in total. The number of carbonyl (C=O) groups excluding carboxylic acids is 1. The van der Waals surface area contributed by atoms with Crippen LogP contribution in [0.4, 0.5) is 0 Å². The van der Waals surface area contributed by atoms with Crippen molar-refractivity contribution in [3.63, 3.8) is 0 Å². The van der Waals surface area contributed by atoms with Crippen LogP contribution in [-0.2, 0) is 0 Å². The molecule has 2 rings (SSSR count). The molecule has 0 atom stereocenters. The van der Waals surface area contributed by atoms with Crippen LogP contribution in [-0.4, -0.2) is 21.5 Å². The molecule has 0 spiro atoms. The van der Waals surface area contributed by atoms with Crippen molar-refractivity contribution in [2.24, 2.45) is 10.9 Å². The van der Waals surface area contributed by atoms with Gasteiger partial charge in [0.15, 0.2) is 5.78 Å². The molecule has 98 valence electrons. The fraction of sp³-hybridized carbons (Fsp3) is 0.143. The predicted molar refractivity (Wildman–Crippen MR) is 74.9 cm³/mol. The molecule has 0 aromatic carbocycles. The monoisotopic (exact) mass is 256 g/mol. The molecule has 0 aliphatic heterocycles. The molecule has 5 nitrogen and oxygen atoms in total. The van der Waals surface area contributed by atoms with E-state index in [1.165, 1.54) is 6.92 Å². The molecule has 2 aromatic heterocycles. The summed E-state index contributed by atoms with van der Waals surface area (Å²) in [5.41, 5.74) is 2.43. The summed E-state index contributed by atoms with van der Waals surface area (Å²) in [6.45, 7) is 3.37. The zero-order valence-electron chi connectivity index (χ0n) is 10.9. The molecule has 0 unspecified atom stereocenters. The lowest BCUT2D eigenvalue weighted by Crippen LogP contribution is -1.98. The zero-order chi connectivity index (χ0) is 14.1. The third kappa shape index (κ3) is 5.08. The summed E-state index contributed by atoms with van der Waals surface area (Å²) in [5.74, 6) is 5.12. The van der Waals surface area contributed by atoms with Gasteiger partial charge >= 0.3 is 0 Å². The van der Waals surface area contributed by atoms with Crippen molar-refractivity contribution in [1.82, 2.24) is 9.97 Å². The Morgan fingerprint density at radius 3 is 1.89 bits per heavy atom. The number of nitrogens with zero attached hydrogens (tertiary/aromatic N) is 3. The van der Waals surface area contributed by atoms with Crippen LogP contribution in [0.5, 0.6) is 0 Å². The van der Waals surface area contributed by atoms with Crippen LogP contribution in [0.1, 0.15) is 29.8 Å². The third-order valence-corrected chi connectivity index (χ3v) is 2.34. The third-order valence-electron chi connectivity index (χ3n) is 2.34. The average Bonchev–Trinajstić information content (AvgIpc) is 2.49. The molecular weight excluding hydrogens is 240 g/mol. The summed E-state index contributed by atoms with van der Waals surface area (Å²) in [7, 11) is 0. The first-order valence-corrected chi connectivity index (χ1v) is 5.71. The van der Waals surface area contributed by atoms with E-state index in [1.54, 1.807) is 36.9 Å². The van der Waals surface area contributed by atoms with E-state index in [2.05, 4.69) is 15.1 Å². The smallest absolute Gasteiger partial charge is 0.161 e. The van der Waals surface area contributed by atoms with Crippen LogP contribution >= 0.6 is 0 Å². The Bertz CT molecular complexity index is 538. The van der Waals surface area contributed by atoms with Gasteiger partial charge in [0.1, 0.15) is 0 Å². The van der Waals surface area contributed by atoms with Crippen LogP contribution in [0, 0.1) is 0 Å². The number of hydrogen-bond donors (Lipinski definition) is 1. The highest BCUT2D eigenvalue weighted by molar-refractivity contribution is 5.98. The largest absolute Gasteiger partial charge is 0.323 e. The van der Waals surface area contributed by atoms with Crippen LogP contribution < -0.4 is 5.84 Å². The fourth-order valence-electron chi connectivity index (χ4n) is 1.22. The Balaban J connectivity index is 0.000000191. The highest BCUT2D eigenvalue weighted by Gasteiger charge is 1.94. The summed E-state index contributed by atoms with van der Waals surface area (Å²) in [6.07, 6.45) is 6.65. The van der Waals surface area contributed by atoms with Gasteiger partial charge in [-0.2, -0.15) is 5.10 Å². The van der Waals surface area contributed by atoms with Gasteiger partial charge in [-0.1, -0.05) is 6.07 Å². The van der Waals surface area contributed by atoms with Gasteiger partial charge < -0.3 is 5.84 Å². The normalized spacial score (nSPS) is 10.3. The minimum atomic E-state index is 0.0584. The Labute approximate surface area is 112 Å². The number of Topliss-reactive ketones (excluding diaryl/α,β-unsaturated/α-hetero) is 1. The average molecular weight is 256 g/mol. The van der Waals surface area contributed by atoms with Gasteiger partial charge in [0.05, 0.1) is 5.71 Å². The highest BCUT2D eigenvalue weighted by atomic mass is 16.1. The molecular formula is C14H16N4O. The van der Waals surface area contributed by atoms with Crippen molar-refractivity contribution >= 4 is 11.5 Å². The van der Waals surface area contributed by atoms with Gasteiger partial charge in [-0.3, -0.25) is 14.8 Å². The maximum Gasteiger partial charge on any atom is 0.161 e. The first kappa shape index (κ1) is 14.5. The lowest BCUT2D eigenvalue weighted by Gasteiger charge is -1.94. The SMILES string of the molecule is C/C(=N\N)c1cccnc1.CC(=O)c1cccnc1. The molecule has 0 aliphatic carbocycles. The van der Waals surface area contributed by atoms with Crippen LogP contribution in [0.2, 0.25) is 0 Å². The standard InChI is InChI=1S/C7H9N3.C7H7NO/c1-6(10-8)7-3-2-4-9-5-7;1-6(9)7-3-2-4-8-5-7/h2-5H,8H2,1H3;2-5H,1H3/b10-6+;. The zero-order valence-corrected chi connectivity index (χ0v) is 10.9. The minimum Gasteiger partial charge on any atom is -0.323 e. The Morgan fingerprint density at radius 1 is 1.05 bits per heavy atom. The molecule has 0 fully saturated rings. The molecule has 0 saturated carbocycles. The van der Waals surface area contributed by atoms with E-state index in [0.29, 0.717) is 5.56 Å². The van der Waals surface area contributed by atoms with Crippen molar-refractivity contribution in [2.75, 3.05) is 0 Å². The number of nitrogens with two attached hydrogens (primary N) is 1. The van der Waals surface area contributed by atoms with E-state index in [0.717, 1.165) is 11.3 Å². The highest BCUT2D eigenvalue weighted by Crippen LogP contribution is 1.96. The van der Waals surface area contributed by atoms with Crippen LogP contribution in [0.25, 0.3) is 0 Å². The molecule has 5 heteroatoms. The van der Waals surface area contributed by atoms with Gasteiger partial charge in [0.2, 0.25) is 0 Å². The van der Waals surface area contributed by atoms with E-state index in [9.17, 15) is 4.79 Å². The maximum absolute atomic E-state index is 10.6. The number of aromatic nitrogens is 2. The lowest BCUT2D eigenvalue weighted by atomic mass is 10.2. The van der Waals surface area contributed by atoms with Gasteiger partial charge in [-0.25, -0.2) is 0 Å². The second kappa shape index (κ2) is 7.71. The molecule has 0 saturated heterocycles. The van der Waals surface area contributed by atoms with Crippen molar-refractivity contribution in [3.05, 3.63) is 60.2 Å². The number of hydrogen-bond acceptors (Lipinski definition) is 5. The molecule has 0 amide bonds. The molecule has 19 heavy (non-hydrogen) atoms. The predicted octanol–water partition coefficient (Wildman–Crippen LogP) is 2.05. The van der Waals surface area contributed by atoms with Crippen LogP contribution in [0.15, 0.2) is 54.2 Å². The molecule has 0 radical (unpaired) electrons. The summed E-state index contributed by atoms with van der Waals surface area (Å²) < 4.78 is 0. The lowest BCUT2D eigenvalue weighted by molar-refractivity contribution is 0.101. The first-order chi connectivity index (χ1) is 9.15. The number of pyridine rings is 2. The summed E-state index contributed by atoms with van der Waals surface area (Å²) in [6, 6.07) is 7.26. The number of carbonyl (C=O) groups is 1. The maximum atomic E-state index is 10.6. The van der Waals surface area contributed by atoms with Crippen molar-refractivity contribution in [2.45, 2.75) is 13.8 Å². The second-order valence-electron chi connectivity index (χ2n) is 3.75. The molecule has 0 bridgehead atoms. The minimum absolute atomic E-state index is 0.0584. The van der Waals surface area contributed by atoms with Crippen molar-refractivity contribution < 1.29 is 4.79 Å². The Kier molecular flexibility index (Phi) is 5.88. The van der Waals surface area contributed by atoms with Crippen LogP contribution in [0.3, 0.4) is 0 Å².